The summed E-state index contributed by atoms with van der Waals surface area (Å²) >= 11 is 0. The van der Waals surface area contributed by atoms with Crippen molar-refractivity contribution in [2.24, 2.45) is 0 Å². The summed E-state index contributed by atoms with van der Waals surface area (Å²) < 4.78 is 5.75. The summed E-state index contributed by atoms with van der Waals surface area (Å²) in [5.74, 6) is 0.608. The first-order valence-electron chi connectivity index (χ1n) is 9.60. The van der Waals surface area contributed by atoms with Crippen LogP contribution in [0.1, 0.15) is 24.0 Å². The van der Waals surface area contributed by atoms with E-state index in [4.69, 9.17) is 10.5 Å². The molecule has 142 valence electrons. The second-order valence-electron chi connectivity index (χ2n) is 6.89. The average molecular weight is 372 g/mol. The first kappa shape index (κ1) is 18.2. The number of pyridine rings is 1. The van der Waals surface area contributed by atoms with Crippen LogP contribution in [0.15, 0.2) is 66.9 Å². The number of aromatic amines is 1. The SMILES string of the molecule is Nc1nc2cc(-c3cc[nH]n3)ccc2cc1CCCCOCc1ccccc1. The monoisotopic (exact) mass is 372 g/mol. The number of benzene rings is 2. The lowest BCUT2D eigenvalue weighted by molar-refractivity contribution is 0.117. The second-order valence-corrected chi connectivity index (χ2v) is 6.89. The molecule has 0 aliphatic carbocycles. The maximum absolute atomic E-state index is 6.21. The lowest BCUT2D eigenvalue weighted by Crippen LogP contribution is -2.01. The normalized spacial score (nSPS) is 11.1. The lowest BCUT2D eigenvalue weighted by Gasteiger charge is -2.09. The number of fused-ring (bicyclic) bond motifs is 1. The molecule has 4 rings (SSSR count). The van der Waals surface area contributed by atoms with Gasteiger partial charge < -0.3 is 10.5 Å². The minimum atomic E-state index is 0.608. The zero-order chi connectivity index (χ0) is 19.2. The Hall–Kier alpha value is -3.18. The van der Waals surface area contributed by atoms with E-state index in [0.717, 1.165) is 53.6 Å². The molecule has 0 bridgehead atoms. The van der Waals surface area contributed by atoms with Crippen LogP contribution in [0.4, 0.5) is 5.82 Å². The third-order valence-electron chi connectivity index (χ3n) is 4.82. The van der Waals surface area contributed by atoms with Crippen molar-refractivity contribution in [3.8, 4) is 11.3 Å². The highest BCUT2D eigenvalue weighted by molar-refractivity contribution is 5.85. The number of nitrogens with two attached hydrogens (primary N) is 1. The number of nitrogens with zero attached hydrogens (tertiary/aromatic N) is 2. The minimum absolute atomic E-state index is 0.608. The number of hydrogen-bond donors (Lipinski definition) is 2. The summed E-state index contributed by atoms with van der Waals surface area (Å²) in [6, 6.07) is 20.5. The van der Waals surface area contributed by atoms with E-state index in [-0.39, 0.29) is 0 Å². The van der Waals surface area contributed by atoms with Crippen LogP contribution in [0.25, 0.3) is 22.2 Å². The Balaban J connectivity index is 1.32. The number of nitrogens with one attached hydrogen (secondary N) is 1. The fraction of sp³-hybridized carbons (Fsp3) is 0.217. The number of aryl methyl sites for hydroxylation is 1. The first-order chi connectivity index (χ1) is 13.8. The van der Waals surface area contributed by atoms with E-state index in [2.05, 4.69) is 45.5 Å². The molecule has 0 saturated heterocycles. The maximum Gasteiger partial charge on any atom is 0.127 e. The molecule has 0 unspecified atom stereocenters. The van der Waals surface area contributed by atoms with Crippen LogP contribution in [0, 0.1) is 0 Å². The quantitative estimate of drug-likeness (QED) is 0.438. The van der Waals surface area contributed by atoms with Crippen LogP contribution in [0.3, 0.4) is 0 Å². The maximum atomic E-state index is 6.21. The highest BCUT2D eigenvalue weighted by atomic mass is 16.5. The molecular formula is C23H24N4O. The smallest absolute Gasteiger partial charge is 0.127 e. The van der Waals surface area contributed by atoms with Gasteiger partial charge in [-0.05, 0) is 48.6 Å². The Morgan fingerprint density at radius 3 is 2.68 bits per heavy atom. The van der Waals surface area contributed by atoms with Gasteiger partial charge in [-0.25, -0.2) is 4.98 Å². The molecule has 0 spiro atoms. The standard InChI is InChI=1S/C23H24N4O/c24-23-20(8-4-5-13-28-16-17-6-2-1-3-7-17)14-18-9-10-19(15-22(18)26-23)21-11-12-25-27-21/h1-3,6-7,9-12,14-15H,4-5,8,13,16H2,(H2,24,26)(H,25,27). The van der Waals surface area contributed by atoms with Crippen molar-refractivity contribution in [3.63, 3.8) is 0 Å². The molecule has 2 aromatic carbocycles. The molecule has 0 aliphatic rings. The predicted octanol–water partition coefficient (Wildman–Crippen LogP) is 4.75. The van der Waals surface area contributed by atoms with E-state index >= 15 is 0 Å². The van der Waals surface area contributed by atoms with Crippen molar-refractivity contribution >= 4 is 16.7 Å². The van der Waals surface area contributed by atoms with Gasteiger partial charge in [0.1, 0.15) is 5.82 Å². The zero-order valence-electron chi connectivity index (χ0n) is 15.8. The van der Waals surface area contributed by atoms with E-state index in [1.165, 1.54) is 5.56 Å². The highest BCUT2D eigenvalue weighted by Crippen LogP contribution is 2.25. The van der Waals surface area contributed by atoms with Gasteiger partial charge in [0, 0.05) is 23.8 Å². The number of anilines is 1. The lowest BCUT2D eigenvalue weighted by atomic mass is 10.0. The number of rotatable bonds is 8. The Morgan fingerprint density at radius 1 is 0.964 bits per heavy atom. The topological polar surface area (TPSA) is 76.8 Å². The third kappa shape index (κ3) is 4.38. The van der Waals surface area contributed by atoms with Gasteiger partial charge in [-0.3, -0.25) is 5.10 Å². The van der Waals surface area contributed by atoms with Crippen molar-refractivity contribution in [3.05, 3.63) is 78.0 Å². The summed E-state index contributed by atoms with van der Waals surface area (Å²) in [5.41, 5.74) is 11.3. The van der Waals surface area contributed by atoms with Gasteiger partial charge >= 0.3 is 0 Å². The number of nitrogen functional groups attached to an aromatic ring is 1. The Labute approximate surface area is 164 Å². The van der Waals surface area contributed by atoms with Gasteiger partial charge in [-0.15, -0.1) is 0 Å². The van der Waals surface area contributed by atoms with E-state index in [9.17, 15) is 0 Å². The van der Waals surface area contributed by atoms with Gasteiger partial charge in [0.2, 0.25) is 0 Å². The van der Waals surface area contributed by atoms with E-state index in [1.807, 2.05) is 36.5 Å². The number of aromatic nitrogens is 3. The number of H-pyrrole nitrogens is 1. The van der Waals surface area contributed by atoms with Gasteiger partial charge in [0.15, 0.2) is 0 Å². The molecule has 0 amide bonds. The summed E-state index contributed by atoms with van der Waals surface area (Å²) in [6.07, 6.45) is 4.75. The van der Waals surface area contributed by atoms with Gasteiger partial charge in [0.05, 0.1) is 17.8 Å². The van der Waals surface area contributed by atoms with Crippen molar-refractivity contribution < 1.29 is 4.74 Å². The molecule has 28 heavy (non-hydrogen) atoms. The zero-order valence-corrected chi connectivity index (χ0v) is 15.8. The molecule has 5 nitrogen and oxygen atoms in total. The summed E-state index contributed by atoms with van der Waals surface area (Å²) in [5, 5.41) is 8.16. The summed E-state index contributed by atoms with van der Waals surface area (Å²) in [4.78, 5) is 4.61. The Kier molecular flexibility index (Phi) is 5.64. The molecule has 3 N–H and O–H groups in total. The molecule has 0 radical (unpaired) electrons. The van der Waals surface area contributed by atoms with Gasteiger partial charge in [-0.2, -0.15) is 5.10 Å². The van der Waals surface area contributed by atoms with Crippen molar-refractivity contribution in [2.45, 2.75) is 25.9 Å². The predicted molar refractivity (Wildman–Crippen MR) is 113 cm³/mol. The van der Waals surface area contributed by atoms with Crippen molar-refractivity contribution in [1.29, 1.82) is 0 Å². The molecule has 0 fully saturated rings. The Bertz CT molecular complexity index is 1030. The van der Waals surface area contributed by atoms with Crippen LogP contribution in [-0.4, -0.2) is 21.8 Å². The van der Waals surface area contributed by atoms with Crippen LogP contribution in [0.2, 0.25) is 0 Å². The van der Waals surface area contributed by atoms with Crippen molar-refractivity contribution in [1.82, 2.24) is 15.2 Å². The molecule has 0 atom stereocenters. The first-order valence-corrected chi connectivity index (χ1v) is 9.60. The number of unbranched alkanes of at least 4 members (excludes halogenated alkanes) is 1. The molecule has 0 aliphatic heterocycles. The third-order valence-corrected chi connectivity index (χ3v) is 4.82. The molecule has 2 aromatic heterocycles. The van der Waals surface area contributed by atoms with Crippen LogP contribution >= 0.6 is 0 Å². The fourth-order valence-corrected chi connectivity index (χ4v) is 3.29. The second kappa shape index (κ2) is 8.67. The van der Waals surface area contributed by atoms with Gasteiger partial charge in [0.25, 0.3) is 0 Å². The highest BCUT2D eigenvalue weighted by Gasteiger charge is 2.07. The van der Waals surface area contributed by atoms with E-state index < -0.39 is 0 Å². The Morgan fingerprint density at radius 2 is 1.86 bits per heavy atom. The number of hydrogen-bond acceptors (Lipinski definition) is 4. The van der Waals surface area contributed by atoms with Crippen LogP contribution in [0.5, 0.6) is 0 Å². The molecule has 2 heterocycles. The molecule has 0 saturated carbocycles. The fourth-order valence-electron chi connectivity index (χ4n) is 3.29. The van der Waals surface area contributed by atoms with Crippen molar-refractivity contribution in [2.75, 3.05) is 12.3 Å². The molecular weight excluding hydrogens is 348 g/mol. The summed E-state index contributed by atoms with van der Waals surface area (Å²) in [6.45, 7) is 1.42. The van der Waals surface area contributed by atoms with E-state index in [0.29, 0.717) is 12.4 Å². The largest absolute Gasteiger partial charge is 0.383 e. The van der Waals surface area contributed by atoms with Crippen LogP contribution < -0.4 is 5.73 Å². The number of ether oxygens (including phenoxy) is 1. The average Bonchev–Trinajstić information content (AvgIpc) is 3.26. The van der Waals surface area contributed by atoms with Crippen LogP contribution in [-0.2, 0) is 17.8 Å². The summed E-state index contributed by atoms with van der Waals surface area (Å²) in [7, 11) is 0. The minimum Gasteiger partial charge on any atom is -0.383 e. The molecule has 5 heteroatoms. The van der Waals surface area contributed by atoms with E-state index in [1.54, 1.807) is 0 Å². The van der Waals surface area contributed by atoms with Gasteiger partial charge in [-0.1, -0.05) is 42.5 Å². The molecule has 4 aromatic rings.